The van der Waals surface area contributed by atoms with Gasteiger partial charge in [-0.1, -0.05) is 42.0 Å². The van der Waals surface area contributed by atoms with Crippen LogP contribution in [0.2, 0.25) is 0 Å². The summed E-state index contributed by atoms with van der Waals surface area (Å²) < 4.78 is 17.5. The molecule has 1 atom stereocenters. The number of alkyl carbamates (subject to hydrolysis) is 1. The normalized spacial score (nSPS) is 11.6. The molecule has 0 aliphatic rings. The highest BCUT2D eigenvalue weighted by Gasteiger charge is 2.23. The summed E-state index contributed by atoms with van der Waals surface area (Å²) in [5.41, 5.74) is 2.62. The first-order valence-corrected chi connectivity index (χ1v) is 12.3. The number of hydrogen-bond acceptors (Lipinski definition) is 5. The van der Waals surface area contributed by atoms with Gasteiger partial charge in [0.25, 0.3) is 0 Å². The van der Waals surface area contributed by atoms with Crippen LogP contribution in [0.15, 0.2) is 48.5 Å². The molecular formula is C26H34FNO6S. The van der Waals surface area contributed by atoms with E-state index in [0.29, 0.717) is 18.6 Å². The summed E-state index contributed by atoms with van der Waals surface area (Å²) in [7, 11) is 0. The smallest absolute Gasteiger partial charge is 0.408 e. The second kappa shape index (κ2) is 15.0. The van der Waals surface area contributed by atoms with Crippen LogP contribution >= 0.6 is 11.8 Å². The van der Waals surface area contributed by atoms with E-state index in [-0.39, 0.29) is 12.2 Å². The molecule has 7 nitrogen and oxygen atoms in total. The molecule has 2 rings (SSSR count). The maximum absolute atomic E-state index is 12.4. The Kier molecular flexibility index (Phi) is 12.9. The first-order chi connectivity index (χ1) is 16.4. The Labute approximate surface area is 210 Å². The number of carboxylic acid groups (broad SMARTS) is 2. The van der Waals surface area contributed by atoms with Crippen molar-refractivity contribution in [3.63, 3.8) is 0 Å². The van der Waals surface area contributed by atoms with Gasteiger partial charge in [-0.3, -0.25) is 4.79 Å². The fraction of sp³-hybridized carbons (Fsp3) is 0.423. The minimum Gasteiger partial charge on any atom is -0.481 e. The van der Waals surface area contributed by atoms with E-state index in [0.717, 1.165) is 11.3 Å². The van der Waals surface area contributed by atoms with E-state index in [1.165, 1.54) is 23.3 Å². The average Bonchev–Trinajstić information content (AvgIpc) is 2.75. The quantitative estimate of drug-likeness (QED) is 0.367. The van der Waals surface area contributed by atoms with Gasteiger partial charge in [-0.25, -0.2) is 14.0 Å². The molecule has 0 spiro atoms. The van der Waals surface area contributed by atoms with Gasteiger partial charge in [-0.15, -0.1) is 0 Å². The lowest BCUT2D eigenvalue weighted by Gasteiger charge is -2.21. The van der Waals surface area contributed by atoms with Gasteiger partial charge in [0, 0.05) is 12.2 Å². The van der Waals surface area contributed by atoms with Crippen molar-refractivity contribution in [3.05, 3.63) is 71.0 Å². The summed E-state index contributed by atoms with van der Waals surface area (Å²) in [6, 6.07) is 13.2. The molecule has 2 aromatic carbocycles. The SMILES string of the molecule is Cc1ccc(CSCCC(NC(=O)OC(C)(C)C)C(=O)O)cc1.O=C(O)CCc1ccc(F)cc1. The number of carboxylic acids is 2. The molecule has 0 heterocycles. The van der Waals surface area contributed by atoms with Gasteiger partial charge in [0.15, 0.2) is 0 Å². The Bertz CT molecular complexity index is 942. The van der Waals surface area contributed by atoms with E-state index in [1.807, 2.05) is 6.92 Å². The largest absolute Gasteiger partial charge is 0.481 e. The Morgan fingerprint density at radius 1 is 1.00 bits per heavy atom. The van der Waals surface area contributed by atoms with E-state index in [1.54, 1.807) is 44.7 Å². The number of ether oxygens (including phenoxy) is 1. The average molecular weight is 508 g/mol. The molecule has 192 valence electrons. The number of aryl methyl sites for hydroxylation is 2. The minimum atomic E-state index is -1.05. The maximum Gasteiger partial charge on any atom is 0.408 e. The Balaban J connectivity index is 0.000000427. The van der Waals surface area contributed by atoms with Gasteiger partial charge >= 0.3 is 18.0 Å². The fourth-order valence-electron chi connectivity index (χ4n) is 2.69. The lowest BCUT2D eigenvalue weighted by atomic mass is 10.1. The number of aliphatic carboxylic acids is 2. The molecule has 35 heavy (non-hydrogen) atoms. The Morgan fingerprint density at radius 2 is 1.57 bits per heavy atom. The van der Waals surface area contributed by atoms with Gasteiger partial charge in [-0.2, -0.15) is 11.8 Å². The third kappa shape index (κ3) is 14.7. The molecule has 3 N–H and O–H groups in total. The molecule has 9 heteroatoms. The van der Waals surface area contributed by atoms with Crippen molar-refractivity contribution in [1.29, 1.82) is 0 Å². The summed E-state index contributed by atoms with van der Waals surface area (Å²) in [4.78, 5) is 33.0. The van der Waals surface area contributed by atoms with Crippen molar-refractivity contribution < 1.29 is 33.7 Å². The van der Waals surface area contributed by atoms with Crippen LogP contribution < -0.4 is 5.32 Å². The number of halogens is 1. The monoisotopic (exact) mass is 507 g/mol. The molecule has 0 aromatic heterocycles. The van der Waals surface area contributed by atoms with Crippen molar-refractivity contribution in [2.75, 3.05) is 5.75 Å². The third-order valence-electron chi connectivity index (χ3n) is 4.47. The predicted octanol–water partition coefficient (Wildman–Crippen LogP) is 5.44. The van der Waals surface area contributed by atoms with E-state index in [4.69, 9.17) is 9.84 Å². The second-order valence-electron chi connectivity index (χ2n) is 8.88. The zero-order valence-electron chi connectivity index (χ0n) is 20.5. The maximum atomic E-state index is 12.4. The van der Waals surface area contributed by atoms with Crippen LogP contribution in [-0.4, -0.2) is 45.6 Å². The van der Waals surface area contributed by atoms with Crippen molar-refractivity contribution >= 4 is 29.8 Å². The third-order valence-corrected chi connectivity index (χ3v) is 5.53. The highest BCUT2D eigenvalue weighted by Crippen LogP contribution is 2.15. The molecular weight excluding hydrogens is 473 g/mol. The number of hydrogen-bond donors (Lipinski definition) is 3. The number of thioether (sulfide) groups is 1. The van der Waals surface area contributed by atoms with Crippen LogP contribution in [-0.2, 0) is 26.5 Å². The molecule has 0 aliphatic heterocycles. The summed E-state index contributed by atoms with van der Waals surface area (Å²) in [6.07, 6.45) is 0.195. The first kappa shape index (κ1) is 30.0. The standard InChI is InChI=1S/C17H25NO4S.C9H9FO2/c1-12-5-7-13(8-6-12)11-23-10-9-14(15(19)20)18-16(21)22-17(2,3)4;10-8-4-1-7(2-5-8)3-6-9(11)12/h5-8,14H,9-11H2,1-4H3,(H,18,21)(H,19,20);1-2,4-5H,3,6H2,(H,11,12). The van der Waals surface area contributed by atoms with Crippen molar-refractivity contribution in [2.45, 2.75) is 64.4 Å². The molecule has 0 aliphatic carbocycles. The van der Waals surface area contributed by atoms with Crippen molar-refractivity contribution in [2.24, 2.45) is 0 Å². The topological polar surface area (TPSA) is 113 Å². The molecule has 0 saturated carbocycles. The minimum absolute atomic E-state index is 0.0889. The number of rotatable bonds is 10. The molecule has 1 unspecified atom stereocenters. The van der Waals surface area contributed by atoms with Crippen LogP contribution in [0.25, 0.3) is 0 Å². The fourth-order valence-corrected chi connectivity index (χ4v) is 3.66. The summed E-state index contributed by atoms with van der Waals surface area (Å²) >= 11 is 1.64. The predicted molar refractivity (Wildman–Crippen MR) is 135 cm³/mol. The lowest BCUT2D eigenvalue weighted by molar-refractivity contribution is -0.139. The highest BCUT2D eigenvalue weighted by molar-refractivity contribution is 7.98. The number of nitrogens with one attached hydrogen (secondary N) is 1. The van der Waals surface area contributed by atoms with Crippen LogP contribution in [0.4, 0.5) is 9.18 Å². The summed E-state index contributed by atoms with van der Waals surface area (Å²) in [5, 5.41) is 19.9. The van der Waals surface area contributed by atoms with Gasteiger partial charge in [0.05, 0.1) is 0 Å². The second-order valence-corrected chi connectivity index (χ2v) is 9.99. The van der Waals surface area contributed by atoms with Crippen molar-refractivity contribution in [3.8, 4) is 0 Å². The van der Waals surface area contributed by atoms with Crippen LogP contribution in [0.1, 0.15) is 50.3 Å². The molecule has 0 fully saturated rings. The van der Waals surface area contributed by atoms with Gasteiger partial charge < -0.3 is 20.3 Å². The highest BCUT2D eigenvalue weighted by atomic mass is 32.2. The first-order valence-electron chi connectivity index (χ1n) is 11.2. The molecule has 0 bridgehead atoms. The van der Waals surface area contributed by atoms with E-state index >= 15 is 0 Å². The van der Waals surface area contributed by atoms with E-state index in [2.05, 4.69) is 29.6 Å². The van der Waals surface area contributed by atoms with E-state index < -0.39 is 29.7 Å². The zero-order valence-corrected chi connectivity index (χ0v) is 21.4. The van der Waals surface area contributed by atoms with Crippen molar-refractivity contribution in [1.82, 2.24) is 5.32 Å². The lowest BCUT2D eigenvalue weighted by Crippen LogP contribution is -2.43. The van der Waals surface area contributed by atoms with Crippen LogP contribution in [0.5, 0.6) is 0 Å². The number of amides is 1. The zero-order chi connectivity index (χ0) is 26.4. The molecule has 0 saturated heterocycles. The molecule has 2 aromatic rings. The van der Waals surface area contributed by atoms with Gasteiger partial charge in [-0.05, 0) is 69.5 Å². The van der Waals surface area contributed by atoms with Gasteiger partial charge in [0.2, 0.25) is 0 Å². The summed E-state index contributed by atoms with van der Waals surface area (Å²) in [5.74, 6) is -0.722. The Hall–Kier alpha value is -3.07. The van der Waals surface area contributed by atoms with Crippen LogP contribution in [0, 0.1) is 12.7 Å². The number of benzene rings is 2. The number of carbonyl (C=O) groups excluding carboxylic acids is 1. The van der Waals surface area contributed by atoms with Gasteiger partial charge in [0.1, 0.15) is 17.5 Å². The molecule has 1 amide bonds. The van der Waals surface area contributed by atoms with Crippen LogP contribution in [0.3, 0.4) is 0 Å². The van der Waals surface area contributed by atoms with E-state index in [9.17, 15) is 23.9 Å². The number of carbonyl (C=O) groups is 3. The molecule has 0 radical (unpaired) electrons. The Morgan fingerprint density at radius 3 is 2.09 bits per heavy atom. The summed E-state index contributed by atoms with van der Waals surface area (Å²) in [6.45, 7) is 7.25.